The molecule has 1 amide bonds. The highest BCUT2D eigenvalue weighted by Gasteiger charge is 2.67. The second kappa shape index (κ2) is 10.2. The molecule has 3 unspecified atom stereocenters. The van der Waals surface area contributed by atoms with Crippen molar-refractivity contribution in [1.29, 1.82) is 0 Å². The SMILES string of the molecule is COc1cc(C(=O)N2C(c3nccs3)C3(CCOC(=O)OC3)CC2(Cn2cccn2)C(=O)O)ccc1C(C)(C)C. The third kappa shape index (κ3) is 4.70. The molecular formula is C28H32N4O7S. The Morgan fingerprint density at radius 1 is 1.25 bits per heavy atom. The average Bonchev–Trinajstić information content (AvgIpc) is 3.64. The molecule has 40 heavy (non-hydrogen) atoms. The second-order valence-electron chi connectivity index (χ2n) is 11.3. The van der Waals surface area contributed by atoms with Gasteiger partial charge in [-0.15, -0.1) is 11.3 Å². The number of aromatic nitrogens is 3. The smallest absolute Gasteiger partial charge is 0.496 e. The Morgan fingerprint density at radius 2 is 2.05 bits per heavy atom. The maximum atomic E-state index is 14.6. The molecule has 5 rings (SSSR count). The van der Waals surface area contributed by atoms with Gasteiger partial charge in [-0.2, -0.15) is 5.10 Å². The number of hydrogen-bond acceptors (Lipinski definition) is 9. The van der Waals surface area contributed by atoms with E-state index in [-0.39, 0.29) is 43.6 Å². The first-order valence-electron chi connectivity index (χ1n) is 12.9. The molecule has 1 N–H and O–H groups in total. The van der Waals surface area contributed by atoms with Crippen LogP contribution in [0, 0.1) is 5.41 Å². The molecule has 2 aliphatic rings. The van der Waals surface area contributed by atoms with Gasteiger partial charge in [0.05, 0.1) is 26.3 Å². The maximum absolute atomic E-state index is 14.6. The highest BCUT2D eigenvalue weighted by Crippen LogP contribution is 2.58. The van der Waals surface area contributed by atoms with E-state index in [2.05, 4.69) is 10.1 Å². The number of likely N-dealkylation sites (tertiary alicyclic amines) is 1. The number of thiazole rings is 1. The van der Waals surface area contributed by atoms with Crippen LogP contribution in [0.1, 0.15) is 60.6 Å². The number of amides is 1. The van der Waals surface area contributed by atoms with Crippen molar-refractivity contribution in [3.8, 4) is 5.75 Å². The molecule has 12 heteroatoms. The van der Waals surface area contributed by atoms with E-state index in [0.29, 0.717) is 10.8 Å². The van der Waals surface area contributed by atoms with E-state index in [1.165, 1.54) is 20.9 Å². The van der Waals surface area contributed by atoms with Crippen LogP contribution in [0.2, 0.25) is 0 Å². The molecule has 2 saturated heterocycles. The first-order chi connectivity index (χ1) is 19.0. The van der Waals surface area contributed by atoms with Crippen LogP contribution in [0.25, 0.3) is 0 Å². The van der Waals surface area contributed by atoms with Crippen molar-refractivity contribution in [1.82, 2.24) is 19.7 Å². The van der Waals surface area contributed by atoms with Crippen molar-refractivity contribution >= 4 is 29.4 Å². The quantitative estimate of drug-likeness (QED) is 0.432. The minimum absolute atomic E-state index is 0.000963. The van der Waals surface area contributed by atoms with Crippen molar-refractivity contribution in [2.75, 3.05) is 20.3 Å². The Balaban J connectivity index is 1.72. The van der Waals surface area contributed by atoms with Crippen LogP contribution < -0.4 is 4.74 Å². The number of ether oxygens (including phenoxy) is 3. The van der Waals surface area contributed by atoms with Crippen LogP contribution in [0.3, 0.4) is 0 Å². The third-order valence-electron chi connectivity index (χ3n) is 7.78. The molecule has 0 aliphatic carbocycles. The largest absolute Gasteiger partial charge is 0.508 e. The zero-order valence-electron chi connectivity index (χ0n) is 22.8. The highest BCUT2D eigenvalue weighted by molar-refractivity contribution is 7.09. The molecule has 0 radical (unpaired) electrons. The van der Waals surface area contributed by atoms with Gasteiger partial charge in [-0.3, -0.25) is 9.48 Å². The lowest BCUT2D eigenvalue weighted by molar-refractivity contribution is -0.150. The van der Waals surface area contributed by atoms with Crippen molar-refractivity contribution in [2.24, 2.45) is 5.41 Å². The predicted molar refractivity (Wildman–Crippen MR) is 144 cm³/mol. The summed E-state index contributed by atoms with van der Waals surface area (Å²) in [5.41, 5.74) is -1.78. The summed E-state index contributed by atoms with van der Waals surface area (Å²) in [5.74, 6) is -1.16. The van der Waals surface area contributed by atoms with Crippen LogP contribution in [0.4, 0.5) is 4.79 Å². The lowest BCUT2D eigenvalue weighted by atomic mass is 9.74. The van der Waals surface area contributed by atoms with Gasteiger partial charge in [0.1, 0.15) is 17.4 Å². The Kier molecular flexibility index (Phi) is 7.07. The molecule has 2 aliphatic heterocycles. The molecule has 2 fully saturated rings. The number of hydrogen-bond donors (Lipinski definition) is 1. The lowest BCUT2D eigenvalue weighted by Crippen LogP contribution is -2.56. The number of rotatable bonds is 6. The Labute approximate surface area is 235 Å². The molecule has 11 nitrogen and oxygen atoms in total. The number of methoxy groups -OCH3 is 1. The molecule has 0 bridgehead atoms. The standard InChI is InChI=1S/C28H32N4O7S/c1-26(2,3)19-7-6-18(14-20(19)37-4)23(33)32-21(22-29-10-13-40-22)27(8-12-38-25(36)39-17-27)15-28(32,24(34)35)16-31-11-5-9-30-31/h5-7,9-11,13-14,21H,8,12,15-17H2,1-4H3,(H,34,35). The molecular weight excluding hydrogens is 536 g/mol. The molecule has 4 heterocycles. The van der Waals surface area contributed by atoms with E-state index < -0.39 is 35.0 Å². The minimum Gasteiger partial charge on any atom is -0.496 e. The summed E-state index contributed by atoms with van der Waals surface area (Å²) >= 11 is 1.32. The first-order valence-corrected chi connectivity index (χ1v) is 13.8. The van der Waals surface area contributed by atoms with E-state index in [0.717, 1.165) is 5.56 Å². The van der Waals surface area contributed by atoms with E-state index >= 15 is 0 Å². The van der Waals surface area contributed by atoms with Crippen molar-refractivity contribution in [2.45, 2.75) is 57.2 Å². The summed E-state index contributed by atoms with van der Waals surface area (Å²) in [6.45, 7) is 5.92. The zero-order chi connectivity index (χ0) is 28.7. The maximum Gasteiger partial charge on any atom is 0.508 e. The monoisotopic (exact) mass is 568 g/mol. The van der Waals surface area contributed by atoms with Gasteiger partial charge in [-0.05, 0) is 42.0 Å². The highest BCUT2D eigenvalue weighted by atomic mass is 32.1. The molecule has 212 valence electrons. The lowest BCUT2D eigenvalue weighted by Gasteiger charge is -2.38. The number of benzene rings is 1. The van der Waals surface area contributed by atoms with Crippen LogP contribution in [0.15, 0.2) is 48.2 Å². The van der Waals surface area contributed by atoms with Crippen molar-refractivity contribution in [3.05, 3.63) is 64.4 Å². The van der Waals surface area contributed by atoms with Gasteiger partial charge in [-0.1, -0.05) is 26.8 Å². The third-order valence-corrected chi connectivity index (χ3v) is 8.61. The van der Waals surface area contributed by atoms with Crippen molar-refractivity contribution < 1.29 is 33.7 Å². The summed E-state index contributed by atoms with van der Waals surface area (Å²) in [4.78, 5) is 46.1. The van der Waals surface area contributed by atoms with E-state index in [9.17, 15) is 19.5 Å². The van der Waals surface area contributed by atoms with Crippen LogP contribution in [0.5, 0.6) is 5.75 Å². The molecule has 0 saturated carbocycles. The summed E-state index contributed by atoms with van der Waals surface area (Å²) in [6, 6.07) is 6.08. The number of nitrogens with zero attached hydrogens (tertiary/aromatic N) is 4. The normalized spacial score (nSPS) is 24.9. The summed E-state index contributed by atoms with van der Waals surface area (Å²) in [5, 5.41) is 17.5. The predicted octanol–water partition coefficient (Wildman–Crippen LogP) is 4.30. The van der Waals surface area contributed by atoms with Gasteiger partial charge in [0, 0.05) is 34.9 Å². The van der Waals surface area contributed by atoms with E-state index in [1.807, 2.05) is 26.8 Å². The van der Waals surface area contributed by atoms with Gasteiger partial charge in [0.25, 0.3) is 5.91 Å². The first kappa shape index (κ1) is 27.6. The topological polar surface area (TPSA) is 133 Å². The number of carbonyl (C=O) groups is 3. The molecule has 2 aromatic heterocycles. The fraction of sp³-hybridized carbons (Fsp3) is 0.464. The number of cyclic esters (lactones) is 2. The average molecular weight is 569 g/mol. The zero-order valence-corrected chi connectivity index (χ0v) is 23.6. The number of carboxylic acid groups (broad SMARTS) is 1. The van der Waals surface area contributed by atoms with Crippen LogP contribution >= 0.6 is 11.3 Å². The fourth-order valence-electron chi connectivity index (χ4n) is 5.97. The van der Waals surface area contributed by atoms with Crippen LogP contribution in [-0.4, -0.2) is 68.7 Å². The van der Waals surface area contributed by atoms with E-state index in [4.69, 9.17) is 14.2 Å². The van der Waals surface area contributed by atoms with Gasteiger partial charge >= 0.3 is 12.1 Å². The minimum atomic E-state index is -1.74. The summed E-state index contributed by atoms with van der Waals surface area (Å²) in [6.07, 6.45) is 4.29. The van der Waals surface area contributed by atoms with Gasteiger partial charge in [0.15, 0.2) is 5.54 Å². The Hall–Kier alpha value is -3.93. The molecule has 3 aromatic rings. The number of aliphatic carboxylic acids is 1. The number of carbonyl (C=O) groups excluding carboxylic acids is 2. The molecule has 1 spiro atoms. The van der Waals surface area contributed by atoms with Gasteiger partial charge in [-0.25, -0.2) is 14.6 Å². The summed E-state index contributed by atoms with van der Waals surface area (Å²) < 4.78 is 17.8. The Morgan fingerprint density at radius 3 is 2.67 bits per heavy atom. The van der Waals surface area contributed by atoms with Gasteiger partial charge in [0.2, 0.25) is 0 Å². The van der Waals surface area contributed by atoms with Crippen LogP contribution in [-0.2, 0) is 26.2 Å². The van der Waals surface area contributed by atoms with Gasteiger partial charge < -0.3 is 24.2 Å². The molecule has 3 atom stereocenters. The van der Waals surface area contributed by atoms with Crippen molar-refractivity contribution in [3.63, 3.8) is 0 Å². The Bertz CT molecular complexity index is 1400. The van der Waals surface area contributed by atoms with E-state index in [1.54, 1.807) is 49.3 Å². The second-order valence-corrected chi connectivity index (χ2v) is 12.3. The number of carboxylic acids is 1. The fourth-order valence-corrected chi connectivity index (χ4v) is 6.84. The summed E-state index contributed by atoms with van der Waals surface area (Å²) in [7, 11) is 1.54. The molecule has 1 aromatic carbocycles.